The van der Waals surface area contributed by atoms with Crippen molar-refractivity contribution in [3.63, 3.8) is 0 Å². The van der Waals surface area contributed by atoms with Gasteiger partial charge in [-0.05, 0) is 55.8 Å². The maximum Gasteiger partial charge on any atom is 0.338 e. The van der Waals surface area contributed by atoms with E-state index in [9.17, 15) is 9.59 Å². The summed E-state index contributed by atoms with van der Waals surface area (Å²) in [6.07, 6.45) is 1.76. The Morgan fingerprint density at radius 2 is 1.83 bits per heavy atom. The smallest absolute Gasteiger partial charge is 0.338 e. The number of aromatic nitrogens is 1. The van der Waals surface area contributed by atoms with Crippen molar-refractivity contribution in [1.82, 2.24) is 4.57 Å². The van der Waals surface area contributed by atoms with Crippen LogP contribution in [-0.4, -0.2) is 30.9 Å². The Morgan fingerprint density at radius 1 is 1.07 bits per heavy atom. The fourth-order valence-electron chi connectivity index (χ4n) is 4.68. The summed E-state index contributed by atoms with van der Waals surface area (Å²) in [6, 6.07) is 19.4. The lowest BCUT2D eigenvalue weighted by atomic mass is 9.92. The Balaban J connectivity index is 1.82. The topological polar surface area (TPSA) is 79.1 Å². The van der Waals surface area contributed by atoms with Gasteiger partial charge in [0.05, 0.1) is 41.1 Å². The van der Waals surface area contributed by atoms with E-state index >= 15 is 0 Å². The minimum atomic E-state index is -0.862. The lowest BCUT2D eigenvalue weighted by Crippen LogP contribution is -2.40. The van der Waals surface area contributed by atoms with Gasteiger partial charge in [-0.2, -0.15) is 0 Å². The molecule has 0 bridgehead atoms. The first-order valence-electron chi connectivity index (χ1n) is 12.9. The van der Waals surface area contributed by atoms with Gasteiger partial charge >= 0.3 is 5.97 Å². The van der Waals surface area contributed by atoms with Crippen LogP contribution in [-0.2, 0) is 9.53 Å². The third-order valence-electron chi connectivity index (χ3n) is 6.41. The molecule has 1 atom stereocenters. The third-order valence-corrected chi connectivity index (χ3v) is 8.19. The van der Waals surface area contributed by atoms with Crippen LogP contribution in [0.1, 0.15) is 36.6 Å². The van der Waals surface area contributed by atoms with Gasteiger partial charge in [0.2, 0.25) is 0 Å². The van der Waals surface area contributed by atoms with Gasteiger partial charge in [0.25, 0.3) is 5.56 Å². The highest BCUT2D eigenvalue weighted by Gasteiger charge is 2.36. The first-order chi connectivity index (χ1) is 19.9. The van der Waals surface area contributed by atoms with Crippen LogP contribution in [0.15, 0.2) is 86.6 Å². The van der Waals surface area contributed by atoms with E-state index in [1.807, 2.05) is 55.5 Å². The average molecular weight is 654 g/mol. The number of halogens is 2. The summed E-state index contributed by atoms with van der Waals surface area (Å²) >= 11 is 11.2. The molecule has 7 nitrogen and oxygen atoms in total. The van der Waals surface area contributed by atoms with Crippen molar-refractivity contribution >= 4 is 56.6 Å². The number of hydrogen-bond donors (Lipinski definition) is 0. The molecule has 210 valence electrons. The molecule has 4 aromatic rings. The second kappa shape index (κ2) is 12.5. The van der Waals surface area contributed by atoms with Gasteiger partial charge < -0.3 is 14.2 Å². The number of nitrogens with zero attached hydrogens (tertiary/aromatic N) is 2. The molecule has 0 spiro atoms. The van der Waals surface area contributed by atoms with Crippen molar-refractivity contribution in [3.05, 3.63) is 118 Å². The summed E-state index contributed by atoms with van der Waals surface area (Å²) in [5, 5.41) is 0.445. The van der Waals surface area contributed by atoms with E-state index in [1.54, 1.807) is 38.3 Å². The fourth-order valence-corrected chi connectivity index (χ4v) is 6.31. The first-order valence-corrected chi connectivity index (χ1v) is 14.9. The minimum absolute atomic E-state index is 0.162. The molecule has 10 heteroatoms. The predicted octanol–water partition coefficient (Wildman–Crippen LogP) is 5.76. The normalized spacial score (nSPS) is 14.9. The van der Waals surface area contributed by atoms with Crippen molar-refractivity contribution in [2.24, 2.45) is 4.99 Å². The maximum absolute atomic E-state index is 14.1. The second-order valence-electron chi connectivity index (χ2n) is 8.94. The van der Waals surface area contributed by atoms with Crippen molar-refractivity contribution in [1.29, 1.82) is 0 Å². The Labute approximate surface area is 254 Å². The highest BCUT2D eigenvalue weighted by molar-refractivity contribution is 9.10. The molecular weight excluding hydrogens is 628 g/mol. The monoisotopic (exact) mass is 652 g/mol. The summed E-state index contributed by atoms with van der Waals surface area (Å²) in [6.45, 7) is 4.28. The van der Waals surface area contributed by atoms with Gasteiger partial charge in [0.1, 0.15) is 17.5 Å². The van der Waals surface area contributed by atoms with Crippen LogP contribution in [0.4, 0.5) is 0 Å². The average Bonchev–Trinajstić information content (AvgIpc) is 3.28. The van der Waals surface area contributed by atoms with Gasteiger partial charge in [0.15, 0.2) is 4.80 Å². The molecule has 0 fully saturated rings. The fraction of sp³-hybridized carbons (Fsp3) is 0.194. The van der Waals surface area contributed by atoms with Crippen LogP contribution in [0.3, 0.4) is 0 Å². The number of carbonyl (C=O) groups is 1. The minimum Gasteiger partial charge on any atom is -0.496 e. The van der Waals surface area contributed by atoms with Crippen LogP contribution in [0, 0.1) is 0 Å². The van der Waals surface area contributed by atoms with Crippen molar-refractivity contribution in [2.45, 2.75) is 19.9 Å². The largest absolute Gasteiger partial charge is 0.496 e. The zero-order chi connectivity index (χ0) is 29.1. The van der Waals surface area contributed by atoms with E-state index < -0.39 is 12.0 Å². The number of rotatable bonds is 8. The van der Waals surface area contributed by atoms with Crippen molar-refractivity contribution in [2.75, 3.05) is 20.3 Å². The molecule has 0 unspecified atom stereocenters. The van der Waals surface area contributed by atoms with Crippen LogP contribution in [0.2, 0.25) is 5.02 Å². The van der Waals surface area contributed by atoms with Gasteiger partial charge in [-0.15, -0.1) is 0 Å². The van der Waals surface area contributed by atoms with E-state index in [-0.39, 0.29) is 17.7 Å². The van der Waals surface area contributed by atoms with Gasteiger partial charge in [-0.25, -0.2) is 9.79 Å². The number of benzene rings is 3. The highest BCUT2D eigenvalue weighted by atomic mass is 79.9. The molecule has 0 amide bonds. The summed E-state index contributed by atoms with van der Waals surface area (Å²) in [5.41, 5.74) is 2.45. The molecule has 41 heavy (non-hydrogen) atoms. The van der Waals surface area contributed by atoms with E-state index in [2.05, 4.69) is 15.9 Å². The molecule has 0 radical (unpaired) electrons. The number of carbonyl (C=O) groups excluding carboxylic acids is 1. The molecular formula is C31H26BrClN2O5S. The Hall–Kier alpha value is -3.66. The molecule has 0 aliphatic carbocycles. The summed E-state index contributed by atoms with van der Waals surface area (Å²) in [7, 11) is 1.55. The molecule has 2 heterocycles. The summed E-state index contributed by atoms with van der Waals surface area (Å²) in [4.78, 5) is 33.1. The Bertz CT molecular complexity index is 1830. The number of thiazole rings is 1. The van der Waals surface area contributed by atoms with Crippen molar-refractivity contribution < 1.29 is 19.0 Å². The van der Waals surface area contributed by atoms with Gasteiger partial charge in [0, 0.05) is 15.6 Å². The molecule has 5 rings (SSSR count). The predicted molar refractivity (Wildman–Crippen MR) is 164 cm³/mol. The second-order valence-corrected chi connectivity index (χ2v) is 11.3. The number of ether oxygens (including phenoxy) is 3. The molecule has 1 aliphatic rings. The standard InChI is InChI=1S/C31H26BrClN2O5S/c1-4-39-24-13-11-18(15-22(24)33)16-25-29(36)35-28(21-17-20(32)12-14-23(21)38-3)26(30(37)40-5-2)27(34-31(35)41-25)19-9-7-6-8-10-19/h6-17,28H,4-5H2,1-3H3/b25-16-/t28-/m1/s1. The Kier molecular flexibility index (Phi) is 8.77. The van der Waals surface area contributed by atoms with Gasteiger partial charge in [-0.3, -0.25) is 9.36 Å². The molecule has 3 aromatic carbocycles. The number of fused-ring (bicyclic) bond motifs is 1. The Morgan fingerprint density at radius 3 is 2.51 bits per heavy atom. The lowest BCUT2D eigenvalue weighted by Gasteiger charge is -2.27. The summed E-state index contributed by atoms with van der Waals surface area (Å²) in [5.74, 6) is 0.526. The molecule has 0 saturated heterocycles. The van der Waals surface area contributed by atoms with E-state index in [0.717, 1.165) is 15.6 Å². The molecule has 0 N–H and O–H groups in total. The summed E-state index contributed by atoms with van der Waals surface area (Å²) < 4.78 is 19.5. The van der Waals surface area contributed by atoms with Crippen LogP contribution in [0.5, 0.6) is 11.5 Å². The zero-order valence-electron chi connectivity index (χ0n) is 22.5. The number of methoxy groups -OCH3 is 1. The van der Waals surface area contributed by atoms with Crippen LogP contribution >= 0.6 is 38.9 Å². The first kappa shape index (κ1) is 28.9. The molecule has 1 aliphatic heterocycles. The van der Waals surface area contributed by atoms with Crippen molar-refractivity contribution in [3.8, 4) is 11.5 Å². The van der Waals surface area contributed by atoms with E-state index in [1.165, 1.54) is 15.9 Å². The molecule has 1 aromatic heterocycles. The van der Waals surface area contributed by atoms with Crippen LogP contribution < -0.4 is 24.4 Å². The quantitative estimate of drug-likeness (QED) is 0.226. The van der Waals surface area contributed by atoms with E-state index in [4.69, 9.17) is 30.8 Å². The highest BCUT2D eigenvalue weighted by Crippen LogP contribution is 2.39. The third kappa shape index (κ3) is 5.75. The van der Waals surface area contributed by atoms with Gasteiger partial charge in [-0.1, -0.05) is 75.3 Å². The van der Waals surface area contributed by atoms with Crippen LogP contribution in [0.25, 0.3) is 11.8 Å². The molecule has 0 saturated carbocycles. The zero-order valence-corrected chi connectivity index (χ0v) is 25.7. The number of esters is 1. The lowest BCUT2D eigenvalue weighted by molar-refractivity contribution is -0.138. The van der Waals surface area contributed by atoms with E-state index in [0.29, 0.717) is 43.7 Å². The SMILES string of the molecule is CCOC(=O)C1=C(c2ccccc2)N=c2s/c(=C\c3ccc(OCC)c(Cl)c3)c(=O)n2[C@@H]1c1cc(Br)ccc1OC. The number of hydrogen-bond acceptors (Lipinski definition) is 7. The maximum atomic E-state index is 14.1.